The van der Waals surface area contributed by atoms with E-state index in [1.54, 1.807) is 40.2 Å². The Bertz CT molecular complexity index is 814. The molecule has 0 bridgehead atoms. The van der Waals surface area contributed by atoms with Gasteiger partial charge in [0.05, 0.1) is 5.69 Å². The number of benzene rings is 1. The number of aromatic nitrogens is 2. The molecule has 3 heterocycles. The molecule has 1 atom stereocenters. The molecule has 0 saturated carbocycles. The fourth-order valence-electron chi connectivity index (χ4n) is 4.33. The number of hydrogen-bond donors (Lipinski definition) is 0. The molecular formula is C21H28FN5O. The zero-order valence-electron chi connectivity index (χ0n) is 16.6. The van der Waals surface area contributed by atoms with E-state index in [1.807, 2.05) is 0 Å². The normalized spacial score (nSPS) is 21.6. The van der Waals surface area contributed by atoms with E-state index in [9.17, 15) is 9.18 Å². The Hall–Kier alpha value is -2.25. The minimum absolute atomic E-state index is 0.108. The van der Waals surface area contributed by atoms with Crippen LogP contribution in [0.2, 0.25) is 0 Å². The van der Waals surface area contributed by atoms with E-state index in [-0.39, 0.29) is 11.5 Å². The number of carbonyl (C=O) groups excluding carboxylic acids is 1. The molecular weight excluding hydrogens is 357 g/mol. The summed E-state index contributed by atoms with van der Waals surface area (Å²) in [4.78, 5) is 19.9. The maximum Gasteiger partial charge on any atom is 0.259 e. The van der Waals surface area contributed by atoms with Crippen LogP contribution in [0.25, 0.3) is 5.69 Å². The van der Waals surface area contributed by atoms with Crippen LogP contribution in [0.4, 0.5) is 4.39 Å². The van der Waals surface area contributed by atoms with Crippen LogP contribution in [0.5, 0.6) is 0 Å². The van der Waals surface area contributed by atoms with Crippen molar-refractivity contribution < 1.29 is 9.18 Å². The van der Waals surface area contributed by atoms with E-state index >= 15 is 0 Å². The molecule has 6 nitrogen and oxygen atoms in total. The van der Waals surface area contributed by atoms with Gasteiger partial charge in [-0.3, -0.25) is 14.6 Å². The van der Waals surface area contributed by atoms with Crippen LogP contribution in [0.15, 0.2) is 36.7 Å². The van der Waals surface area contributed by atoms with Crippen LogP contribution < -0.4 is 0 Å². The molecule has 0 aliphatic carbocycles. The van der Waals surface area contributed by atoms with E-state index in [0.717, 1.165) is 32.6 Å². The average molecular weight is 385 g/mol. The number of amides is 1. The molecule has 1 aromatic heterocycles. The van der Waals surface area contributed by atoms with Crippen molar-refractivity contribution in [1.29, 1.82) is 0 Å². The summed E-state index contributed by atoms with van der Waals surface area (Å²) < 4.78 is 16.2. The summed E-state index contributed by atoms with van der Waals surface area (Å²) in [5.74, 6) is -0.737. The second kappa shape index (κ2) is 8.01. The quantitative estimate of drug-likeness (QED) is 0.810. The molecule has 2 aromatic rings. The van der Waals surface area contributed by atoms with Crippen molar-refractivity contribution in [2.24, 2.45) is 0 Å². The maximum atomic E-state index is 14.6. The number of hydrogen-bond acceptors (Lipinski definition) is 4. The molecule has 2 fully saturated rings. The van der Waals surface area contributed by atoms with E-state index < -0.39 is 5.82 Å². The van der Waals surface area contributed by atoms with Gasteiger partial charge in [0.2, 0.25) is 0 Å². The lowest BCUT2D eigenvalue weighted by Gasteiger charge is -2.39. The Morgan fingerprint density at radius 2 is 1.93 bits per heavy atom. The van der Waals surface area contributed by atoms with Crippen molar-refractivity contribution >= 4 is 5.91 Å². The highest BCUT2D eigenvalue weighted by Gasteiger charge is 2.34. The molecule has 1 unspecified atom stereocenters. The molecule has 150 valence electrons. The van der Waals surface area contributed by atoms with Crippen molar-refractivity contribution in [2.45, 2.75) is 32.4 Å². The molecule has 28 heavy (non-hydrogen) atoms. The zero-order chi connectivity index (χ0) is 19.7. The van der Waals surface area contributed by atoms with Gasteiger partial charge in [0.25, 0.3) is 5.91 Å². The van der Waals surface area contributed by atoms with Crippen molar-refractivity contribution in [3.8, 4) is 5.69 Å². The Labute approximate surface area is 165 Å². The van der Waals surface area contributed by atoms with E-state index in [0.29, 0.717) is 30.9 Å². The summed E-state index contributed by atoms with van der Waals surface area (Å²) in [5, 5.41) is 4.17. The van der Waals surface area contributed by atoms with Gasteiger partial charge in [-0.15, -0.1) is 0 Å². The minimum Gasteiger partial charge on any atom is -0.337 e. The van der Waals surface area contributed by atoms with Crippen LogP contribution >= 0.6 is 0 Å². The third kappa shape index (κ3) is 3.69. The van der Waals surface area contributed by atoms with Gasteiger partial charge in [-0.25, -0.2) is 9.07 Å². The van der Waals surface area contributed by atoms with Gasteiger partial charge in [-0.2, -0.15) is 5.10 Å². The third-order valence-corrected chi connectivity index (χ3v) is 6.00. The monoisotopic (exact) mass is 385 g/mol. The second-order valence-electron chi connectivity index (χ2n) is 7.94. The van der Waals surface area contributed by atoms with Gasteiger partial charge in [0.15, 0.2) is 0 Å². The first-order valence-corrected chi connectivity index (χ1v) is 10.1. The maximum absolute atomic E-state index is 14.6. The predicted octanol–water partition coefficient (Wildman–Crippen LogP) is 2.25. The van der Waals surface area contributed by atoms with Gasteiger partial charge in [0, 0.05) is 63.7 Å². The fourth-order valence-corrected chi connectivity index (χ4v) is 4.33. The molecule has 1 amide bonds. The highest BCUT2D eigenvalue weighted by Crippen LogP contribution is 2.24. The zero-order valence-corrected chi connectivity index (χ0v) is 16.6. The van der Waals surface area contributed by atoms with E-state index in [4.69, 9.17) is 0 Å². The first-order chi connectivity index (χ1) is 13.5. The lowest BCUT2D eigenvalue weighted by Crippen LogP contribution is -2.52. The van der Waals surface area contributed by atoms with Crippen LogP contribution in [0.1, 0.15) is 30.6 Å². The summed E-state index contributed by atoms with van der Waals surface area (Å²) >= 11 is 0. The number of likely N-dealkylation sites (tertiary alicyclic amines) is 1. The van der Waals surface area contributed by atoms with Crippen molar-refractivity contribution in [2.75, 3.05) is 39.3 Å². The van der Waals surface area contributed by atoms with Gasteiger partial charge in [0.1, 0.15) is 11.4 Å². The molecule has 2 aliphatic rings. The van der Waals surface area contributed by atoms with Crippen LogP contribution in [0, 0.1) is 5.82 Å². The lowest BCUT2D eigenvalue weighted by molar-refractivity contribution is 0.0696. The summed E-state index contributed by atoms with van der Waals surface area (Å²) in [7, 11) is 0. The molecule has 1 aromatic carbocycles. The van der Waals surface area contributed by atoms with Crippen LogP contribution in [-0.2, 0) is 0 Å². The second-order valence-corrected chi connectivity index (χ2v) is 7.94. The van der Waals surface area contributed by atoms with Gasteiger partial charge in [-0.05, 0) is 38.5 Å². The molecule has 4 rings (SSSR count). The summed E-state index contributed by atoms with van der Waals surface area (Å²) in [6.07, 6.45) is 4.30. The Morgan fingerprint density at radius 1 is 1.14 bits per heavy atom. The highest BCUT2D eigenvalue weighted by atomic mass is 19.1. The van der Waals surface area contributed by atoms with E-state index in [2.05, 4.69) is 28.7 Å². The standard InChI is InChI=1S/C21H28FN5O/c1-16(2)24-11-13-25(14-12-24)17-7-10-26(15-17)21(28)20-18(22)5-3-6-19(20)27-9-4-8-23-27/h3-6,8-9,16-17H,7,10-15H2,1-2H3. The van der Waals surface area contributed by atoms with Crippen LogP contribution in [-0.4, -0.2) is 81.7 Å². The summed E-state index contributed by atoms with van der Waals surface area (Å²) in [6, 6.07) is 7.40. The summed E-state index contributed by atoms with van der Waals surface area (Å²) in [5.41, 5.74) is 0.598. The summed E-state index contributed by atoms with van der Waals surface area (Å²) in [6.45, 7) is 9.99. The fraction of sp³-hybridized carbons (Fsp3) is 0.524. The van der Waals surface area contributed by atoms with Crippen molar-refractivity contribution in [1.82, 2.24) is 24.5 Å². The number of piperazine rings is 1. The molecule has 0 spiro atoms. The number of carbonyl (C=O) groups is 1. The van der Waals surface area contributed by atoms with Gasteiger partial charge in [-0.1, -0.05) is 6.07 Å². The Kier molecular flexibility index (Phi) is 5.46. The molecule has 2 aliphatic heterocycles. The van der Waals surface area contributed by atoms with Gasteiger partial charge >= 0.3 is 0 Å². The van der Waals surface area contributed by atoms with Crippen molar-refractivity contribution in [3.63, 3.8) is 0 Å². The van der Waals surface area contributed by atoms with E-state index in [1.165, 1.54) is 6.07 Å². The average Bonchev–Trinajstić information content (AvgIpc) is 3.39. The number of nitrogens with zero attached hydrogens (tertiary/aromatic N) is 5. The first-order valence-electron chi connectivity index (χ1n) is 10.1. The van der Waals surface area contributed by atoms with Gasteiger partial charge < -0.3 is 4.90 Å². The smallest absolute Gasteiger partial charge is 0.259 e. The number of halogens is 1. The first kappa shape index (κ1) is 19.1. The number of rotatable bonds is 4. The largest absolute Gasteiger partial charge is 0.337 e. The SMILES string of the molecule is CC(C)N1CCN(C2CCN(C(=O)c3c(F)cccc3-n3cccn3)C2)CC1. The Balaban J connectivity index is 1.46. The lowest BCUT2D eigenvalue weighted by atomic mass is 10.1. The third-order valence-electron chi connectivity index (χ3n) is 6.00. The molecule has 7 heteroatoms. The minimum atomic E-state index is -0.494. The van der Waals surface area contributed by atoms with Crippen LogP contribution in [0.3, 0.4) is 0 Å². The highest BCUT2D eigenvalue weighted by molar-refractivity contribution is 5.98. The predicted molar refractivity (Wildman–Crippen MR) is 106 cm³/mol. The Morgan fingerprint density at radius 3 is 2.61 bits per heavy atom. The topological polar surface area (TPSA) is 44.6 Å². The molecule has 0 N–H and O–H groups in total. The molecule has 0 radical (unpaired) electrons. The van der Waals surface area contributed by atoms with Crippen molar-refractivity contribution in [3.05, 3.63) is 48.0 Å². The molecule has 2 saturated heterocycles.